The lowest BCUT2D eigenvalue weighted by atomic mass is 9.86. The Balaban J connectivity index is 1.75. The molecule has 0 saturated carbocycles. The van der Waals surface area contributed by atoms with Gasteiger partial charge in [0.15, 0.2) is 10.6 Å². The molecule has 7 heteroatoms. The molecule has 1 amide bonds. The van der Waals surface area contributed by atoms with Crippen molar-refractivity contribution in [3.05, 3.63) is 86.7 Å². The molecule has 0 radical (unpaired) electrons. The third-order valence-electron chi connectivity index (χ3n) is 5.80. The molecule has 2 aromatic heterocycles. The van der Waals surface area contributed by atoms with Gasteiger partial charge in [-0.1, -0.05) is 45.0 Å². The van der Waals surface area contributed by atoms with Crippen molar-refractivity contribution in [1.82, 2.24) is 4.98 Å². The Morgan fingerprint density at radius 1 is 1.09 bits per heavy atom. The van der Waals surface area contributed by atoms with Gasteiger partial charge in [-0.25, -0.2) is 4.98 Å². The van der Waals surface area contributed by atoms with Crippen LogP contribution in [0, 0.1) is 0 Å². The number of ether oxygens (including phenoxy) is 1. The minimum absolute atomic E-state index is 0.00872. The smallest absolute Gasteiger partial charge is 0.297 e. The number of aromatic nitrogens is 1. The van der Waals surface area contributed by atoms with E-state index in [0.29, 0.717) is 27.4 Å². The lowest BCUT2D eigenvalue weighted by Crippen LogP contribution is -2.29. The summed E-state index contributed by atoms with van der Waals surface area (Å²) >= 11 is 1.35. The van der Waals surface area contributed by atoms with Crippen LogP contribution < -0.4 is 15.1 Å². The quantitative estimate of drug-likeness (QED) is 0.427. The molecule has 0 bridgehead atoms. The van der Waals surface area contributed by atoms with E-state index in [0.717, 1.165) is 5.56 Å². The van der Waals surface area contributed by atoms with Crippen molar-refractivity contribution in [2.45, 2.75) is 32.2 Å². The van der Waals surface area contributed by atoms with Crippen molar-refractivity contribution < 1.29 is 13.9 Å². The fraction of sp³-hybridized carbons (Fsp3) is 0.240. The molecule has 1 aliphatic rings. The highest BCUT2D eigenvalue weighted by molar-refractivity contribution is 7.13. The Labute approximate surface area is 189 Å². The van der Waals surface area contributed by atoms with Gasteiger partial charge >= 0.3 is 0 Å². The van der Waals surface area contributed by atoms with Crippen LogP contribution in [0.2, 0.25) is 0 Å². The lowest BCUT2D eigenvalue weighted by Gasteiger charge is -2.24. The van der Waals surface area contributed by atoms with Gasteiger partial charge in [0.05, 0.1) is 24.1 Å². The number of fused-ring (bicyclic) bond motifs is 2. The molecule has 32 heavy (non-hydrogen) atoms. The molecule has 4 aromatic rings. The van der Waals surface area contributed by atoms with E-state index in [-0.39, 0.29) is 22.5 Å². The standard InChI is InChI=1S/C25H22N2O4S/c1-25(2,3)15-7-5-14(6-8-15)20-19-21(28)17-10-9-16(30-4)13-18(17)31-22(19)23(29)27(20)24-26-11-12-32-24/h5-13,20H,1-4H3/t20-/m1/s1. The molecule has 0 aliphatic carbocycles. The summed E-state index contributed by atoms with van der Waals surface area (Å²) in [6.45, 7) is 6.44. The number of amides is 1. The highest BCUT2D eigenvalue weighted by atomic mass is 32.1. The molecule has 5 rings (SSSR count). The largest absolute Gasteiger partial charge is 0.497 e. The second-order valence-corrected chi connectivity index (χ2v) is 9.67. The van der Waals surface area contributed by atoms with Gasteiger partial charge in [-0.15, -0.1) is 11.3 Å². The number of methoxy groups -OCH3 is 1. The second kappa shape index (κ2) is 7.31. The van der Waals surface area contributed by atoms with Gasteiger partial charge in [-0.2, -0.15) is 0 Å². The molecule has 1 aliphatic heterocycles. The summed E-state index contributed by atoms with van der Waals surface area (Å²) in [5, 5.41) is 2.74. The highest BCUT2D eigenvalue weighted by Crippen LogP contribution is 2.42. The number of rotatable bonds is 3. The average molecular weight is 447 g/mol. The maximum atomic E-state index is 13.6. The van der Waals surface area contributed by atoms with E-state index in [1.165, 1.54) is 16.9 Å². The molecule has 3 heterocycles. The normalized spacial score (nSPS) is 15.9. The van der Waals surface area contributed by atoms with E-state index in [1.54, 1.807) is 36.4 Å². The van der Waals surface area contributed by atoms with Gasteiger partial charge < -0.3 is 9.15 Å². The summed E-state index contributed by atoms with van der Waals surface area (Å²) < 4.78 is 11.3. The number of benzene rings is 2. The molecule has 0 N–H and O–H groups in total. The molecule has 6 nitrogen and oxygen atoms in total. The summed E-state index contributed by atoms with van der Waals surface area (Å²) in [6.07, 6.45) is 1.65. The minimum atomic E-state index is -0.611. The Bertz CT molecular complexity index is 1380. The molecular weight excluding hydrogens is 424 g/mol. The minimum Gasteiger partial charge on any atom is -0.497 e. The summed E-state index contributed by atoms with van der Waals surface area (Å²) in [7, 11) is 1.54. The van der Waals surface area contributed by atoms with Gasteiger partial charge in [0, 0.05) is 17.6 Å². The van der Waals surface area contributed by atoms with Crippen molar-refractivity contribution in [3.63, 3.8) is 0 Å². The predicted molar refractivity (Wildman–Crippen MR) is 125 cm³/mol. The maximum Gasteiger partial charge on any atom is 0.297 e. The van der Waals surface area contributed by atoms with Crippen molar-refractivity contribution in [2.75, 3.05) is 12.0 Å². The fourth-order valence-electron chi connectivity index (χ4n) is 4.09. The van der Waals surface area contributed by atoms with Gasteiger partial charge in [-0.05, 0) is 28.7 Å². The Morgan fingerprint density at radius 3 is 2.47 bits per heavy atom. The number of nitrogens with zero attached hydrogens (tertiary/aromatic N) is 2. The first-order valence-electron chi connectivity index (χ1n) is 10.3. The first kappa shape index (κ1) is 20.5. The molecular formula is C25H22N2O4S. The number of carbonyl (C=O) groups is 1. The fourth-order valence-corrected chi connectivity index (χ4v) is 4.76. The van der Waals surface area contributed by atoms with Crippen LogP contribution in [-0.4, -0.2) is 18.0 Å². The van der Waals surface area contributed by atoms with Gasteiger partial charge in [-0.3, -0.25) is 14.5 Å². The van der Waals surface area contributed by atoms with Crippen molar-refractivity contribution in [1.29, 1.82) is 0 Å². The average Bonchev–Trinajstić information content (AvgIpc) is 3.40. The highest BCUT2D eigenvalue weighted by Gasteiger charge is 2.44. The van der Waals surface area contributed by atoms with E-state index >= 15 is 0 Å². The summed E-state index contributed by atoms with van der Waals surface area (Å²) in [5.74, 6) is 0.231. The van der Waals surface area contributed by atoms with Crippen LogP contribution in [0.5, 0.6) is 5.75 Å². The first-order chi connectivity index (χ1) is 15.3. The molecule has 2 aromatic carbocycles. The topological polar surface area (TPSA) is 72.6 Å². The van der Waals surface area contributed by atoms with E-state index in [4.69, 9.17) is 9.15 Å². The molecule has 162 valence electrons. The molecule has 0 saturated heterocycles. The van der Waals surface area contributed by atoms with E-state index < -0.39 is 6.04 Å². The number of anilines is 1. The lowest BCUT2D eigenvalue weighted by molar-refractivity contribution is 0.0971. The summed E-state index contributed by atoms with van der Waals surface area (Å²) in [5.41, 5.74) is 2.44. The molecule has 1 atom stereocenters. The van der Waals surface area contributed by atoms with Gasteiger partial charge in [0.25, 0.3) is 5.91 Å². The van der Waals surface area contributed by atoms with Crippen molar-refractivity contribution in [2.24, 2.45) is 0 Å². The molecule has 0 unspecified atom stereocenters. The van der Waals surface area contributed by atoms with E-state index in [2.05, 4.69) is 25.8 Å². The summed E-state index contributed by atoms with van der Waals surface area (Å²) in [4.78, 5) is 33.0. The molecule has 0 fully saturated rings. The number of carbonyl (C=O) groups excluding carboxylic acids is 1. The monoisotopic (exact) mass is 446 g/mol. The van der Waals surface area contributed by atoms with Crippen LogP contribution in [0.25, 0.3) is 11.0 Å². The number of hydrogen-bond donors (Lipinski definition) is 0. The Hall–Kier alpha value is -3.45. The van der Waals surface area contributed by atoms with Crippen LogP contribution in [0.15, 0.2) is 63.3 Å². The second-order valence-electron chi connectivity index (χ2n) is 8.80. The molecule has 0 spiro atoms. The first-order valence-corrected chi connectivity index (χ1v) is 11.2. The van der Waals surface area contributed by atoms with Crippen LogP contribution in [-0.2, 0) is 5.41 Å². The Morgan fingerprint density at radius 2 is 1.84 bits per heavy atom. The van der Waals surface area contributed by atoms with Crippen LogP contribution in [0.4, 0.5) is 5.13 Å². The predicted octanol–water partition coefficient (Wildman–Crippen LogP) is 5.31. The number of hydrogen-bond acceptors (Lipinski definition) is 6. The van der Waals surface area contributed by atoms with E-state index in [1.807, 2.05) is 29.6 Å². The zero-order valence-electron chi connectivity index (χ0n) is 18.2. The van der Waals surface area contributed by atoms with Crippen LogP contribution >= 0.6 is 11.3 Å². The third kappa shape index (κ3) is 3.12. The maximum absolute atomic E-state index is 13.6. The third-order valence-corrected chi connectivity index (χ3v) is 6.57. The van der Waals surface area contributed by atoms with Crippen LogP contribution in [0.3, 0.4) is 0 Å². The van der Waals surface area contributed by atoms with Gasteiger partial charge in [0.1, 0.15) is 11.3 Å². The number of thiazole rings is 1. The zero-order chi connectivity index (χ0) is 22.6. The van der Waals surface area contributed by atoms with E-state index in [9.17, 15) is 9.59 Å². The SMILES string of the molecule is COc1ccc2c(=O)c3c(oc2c1)C(=O)N(c1nccs1)[C@@H]3c1ccc(C(C)(C)C)cc1. The Kier molecular flexibility index (Phi) is 4.67. The van der Waals surface area contributed by atoms with Crippen molar-refractivity contribution >= 4 is 33.3 Å². The van der Waals surface area contributed by atoms with Crippen molar-refractivity contribution in [3.8, 4) is 5.75 Å². The zero-order valence-corrected chi connectivity index (χ0v) is 19.0. The summed E-state index contributed by atoms with van der Waals surface area (Å²) in [6, 6.07) is 12.5. The van der Waals surface area contributed by atoms with Crippen LogP contribution in [0.1, 0.15) is 54.1 Å². The van der Waals surface area contributed by atoms with Gasteiger partial charge in [0.2, 0.25) is 5.76 Å².